The number of amides is 1. The molecule has 2 aromatic rings. The van der Waals surface area contributed by atoms with E-state index in [4.69, 9.17) is 0 Å². The molecule has 0 spiro atoms. The number of halogens is 3. The molecule has 0 aromatic carbocycles. The maximum Gasteiger partial charge on any atom is 0.400 e. The molecular formula is C9H5ClF2N4OS. The van der Waals surface area contributed by atoms with Gasteiger partial charge in [-0.15, -0.1) is 10.2 Å². The number of nitrogens with zero attached hydrogens (tertiary/aromatic N) is 3. The fourth-order valence-corrected chi connectivity index (χ4v) is 1.84. The lowest BCUT2D eigenvalue weighted by molar-refractivity contribution is -0.130. The summed E-state index contributed by atoms with van der Waals surface area (Å²) in [6.45, 7) is 0. The monoisotopic (exact) mass is 290 g/mol. The molecule has 94 valence electrons. The van der Waals surface area contributed by atoms with E-state index in [-0.39, 0.29) is 5.13 Å². The summed E-state index contributed by atoms with van der Waals surface area (Å²) in [5.41, 5.74) is 0.723. The Morgan fingerprint density at radius 3 is 2.61 bits per heavy atom. The minimum atomic E-state index is -3.97. The van der Waals surface area contributed by atoms with E-state index in [0.717, 1.165) is 16.9 Å². The number of alkyl halides is 3. The smallest absolute Gasteiger partial charge is 0.294 e. The van der Waals surface area contributed by atoms with E-state index < -0.39 is 11.3 Å². The van der Waals surface area contributed by atoms with Gasteiger partial charge >= 0.3 is 11.3 Å². The summed E-state index contributed by atoms with van der Waals surface area (Å²) in [5.74, 6) is -1.64. The molecule has 2 rings (SSSR count). The predicted molar refractivity (Wildman–Crippen MR) is 62.6 cm³/mol. The van der Waals surface area contributed by atoms with Gasteiger partial charge in [0.1, 0.15) is 5.01 Å². The molecule has 0 aliphatic carbocycles. The maximum atomic E-state index is 12.4. The molecule has 0 aliphatic heterocycles. The third-order valence-electron chi connectivity index (χ3n) is 1.83. The molecule has 0 unspecified atom stereocenters. The highest BCUT2D eigenvalue weighted by Crippen LogP contribution is 2.27. The second-order valence-electron chi connectivity index (χ2n) is 3.10. The lowest BCUT2D eigenvalue weighted by Crippen LogP contribution is -2.28. The number of anilines is 1. The molecule has 0 atom stereocenters. The number of carbonyl (C=O) groups excluding carboxylic acids is 1. The van der Waals surface area contributed by atoms with Gasteiger partial charge in [-0.2, -0.15) is 8.78 Å². The fraction of sp³-hybridized carbons (Fsp3) is 0.111. The molecule has 18 heavy (non-hydrogen) atoms. The molecule has 0 saturated carbocycles. The molecule has 1 N–H and O–H groups in total. The highest BCUT2D eigenvalue weighted by molar-refractivity contribution is 7.18. The van der Waals surface area contributed by atoms with Crippen molar-refractivity contribution < 1.29 is 13.6 Å². The third-order valence-corrected chi connectivity index (χ3v) is 2.89. The van der Waals surface area contributed by atoms with Crippen molar-refractivity contribution in [2.45, 2.75) is 5.38 Å². The van der Waals surface area contributed by atoms with Crippen LogP contribution in [0.2, 0.25) is 0 Å². The lowest BCUT2D eigenvalue weighted by Gasteiger charge is -2.04. The van der Waals surface area contributed by atoms with Crippen molar-refractivity contribution >= 4 is 34.0 Å². The molecule has 0 aliphatic rings. The van der Waals surface area contributed by atoms with Gasteiger partial charge in [-0.1, -0.05) is 11.3 Å². The first-order chi connectivity index (χ1) is 8.47. The topological polar surface area (TPSA) is 67.8 Å². The van der Waals surface area contributed by atoms with Crippen LogP contribution in [0.25, 0.3) is 10.6 Å². The first-order valence-electron chi connectivity index (χ1n) is 4.59. The number of carbonyl (C=O) groups is 1. The van der Waals surface area contributed by atoms with Crippen molar-refractivity contribution in [3.05, 3.63) is 24.5 Å². The fourth-order valence-electron chi connectivity index (χ4n) is 1.05. The molecular weight excluding hydrogens is 286 g/mol. The van der Waals surface area contributed by atoms with Crippen molar-refractivity contribution in [3.63, 3.8) is 0 Å². The van der Waals surface area contributed by atoms with Gasteiger partial charge in [-0.25, -0.2) is 0 Å². The van der Waals surface area contributed by atoms with Gasteiger partial charge in [-0.05, 0) is 23.7 Å². The Hall–Kier alpha value is -1.67. The van der Waals surface area contributed by atoms with Crippen LogP contribution in [-0.2, 0) is 4.79 Å². The van der Waals surface area contributed by atoms with Crippen LogP contribution in [0.15, 0.2) is 24.5 Å². The van der Waals surface area contributed by atoms with E-state index in [2.05, 4.69) is 26.8 Å². The Kier molecular flexibility index (Phi) is 3.48. The number of aromatic nitrogens is 3. The van der Waals surface area contributed by atoms with Crippen LogP contribution < -0.4 is 5.32 Å². The average molecular weight is 291 g/mol. The average Bonchev–Trinajstić information content (AvgIpc) is 2.77. The first kappa shape index (κ1) is 12.8. The van der Waals surface area contributed by atoms with Crippen molar-refractivity contribution in [1.82, 2.24) is 15.2 Å². The predicted octanol–water partition coefficient (Wildman–Crippen LogP) is 2.37. The molecule has 0 radical (unpaired) electrons. The summed E-state index contributed by atoms with van der Waals surface area (Å²) in [4.78, 5) is 14.7. The Morgan fingerprint density at radius 1 is 1.33 bits per heavy atom. The maximum absolute atomic E-state index is 12.4. The number of nitrogens with one attached hydrogen (secondary N) is 1. The summed E-state index contributed by atoms with van der Waals surface area (Å²) < 4.78 is 24.9. The Bertz CT molecular complexity index is 557. The van der Waals surface area contributed by atoms with Crippen LogP contribution in [0.4, 0.5) is 13.9 Å². The highest BCUT2D eigenvalue weighted by atomic mass is 35.5. The van der Waals surface area contributed by atoms with Gasteiger partial charge in [0.15, 0.2) is 0 Å². The van der Waals surface area contributed by atoms with Crippen LogP contribution in [0, 0.1) is 0 Å². The SMILES string of the molecule is O=C(Nc1nnc(-c2ccncc2)s1)C(F)(F)Cl. The van der Waals surface area contributed by atoms with Crippen LogP contribution in [-0.4, -0.2) is 26.5 Å². The standard InChI is InChI=1S/C9H5ClF2N4OS/c10-9(11,12)7(17)14-8-16-15-6(18-8)5-1-3-13-4-2-5/h1-4H,(H,14,16,17). The summed E-state index contributed by atoms with van der Waals surface area (Å²) in [6.07, 6.45) is 3.11. The van der Waals surface area contributed by atoms with Crippen LogP contribution in [0.5, 0.6) is 0 Å². The molecule has 0 saturated heterocycles. The summed E-state index contributed by atoms with van der Waals surface area (Å²) in [6, 6.07) is 3.37. The van der Waals surface area contributed by atoms with Gasteiger partial charge in [0.2, 0.25) is 5.13 Å². The molecule has 2 aromatic heterocycles. The van der Waals surface area contributed by atoms with Crippen LogP contribution >= 0.6 is 22.9 Å². The number of pyridine rings is 1. The van der Waals surface area contributed by atoms with Crippen LogP contribution in [0.1, 0.15) is 0 Å². The van der Waals surface area contributed by atoms with Gasteiger partial charge in [0.25, 0.3) is 0 Å². The normalized spacial score (nSPS) is 11.3. The van der Waals surface area contributed by atoms with E-state index >= 15 is 0 Å². The summed E-state index contributed by atoms with van der Waals surface area (Å²) in [7, 11) is 0. The zero-order valence-electron chi connectivity index (χ0n) is 8.60. The van der Waals surface area contributed by atoms with Crippen molar-refractivity contribution in [2.75, 3.05) is 5.32 Å². The van der Waals surface area contributed by atoms with E-state index in [1.165, 1.54) is 0 Å². The Balaban J connectivity index is 2.15. The molecule has 2 heterocycles. The Morgan fingerprint density at radius 2 is 2.00 bits per heavy atom. The third kappa shape index (κ3) is 2.96. The van der Waals surface area contributed by atoms with Gasteiger partial charge < -0.3 is 0 Å². The van der Waals surface area contributed by atoms with E-state index in [1.54, 1.807) is 24.5 Å². The quantitative estimate of drug-likeness (QED) is 0.881. The summed E-state index contributed by atoms with van der Waals surface area (Å²) >= 11 is 5.52. The summed E-state index contributed by atoms with van der Waals surface area (Å²) in [5, 5.41) is 5.67. The zero-order chi connectivity index (χ0) is 13.2. The highest BCUT2D eigenvalue weighted by Gasteiger charge is 2.36. The minimum absolute atomic E-state index is 0.0489. The first-order valence-corrected chi connectivity index (χ1v) is 5.78. The van der Waals surface area contributed by atoms with Crippen molar-refractivity contribution in [1.29, 1.82) is 0 Å². The van der Waals surface area contributed by atoms with Crippen LogP contribution in [0.3, 0.4) is 0 Å². The molecule has 9 heteroatoms. The number of hydrogen-bond acceptors (Lipinski definition) is 5. The minimum Gasteiger partial charge on any atom is -0.294 e. The van der Waals surface area contributed by atoms with Gasteiger partial charge in [-0.3, -0.25) is 15.1 Å². The second-order valence-corrected chi connectivity index (χ2v) is 4.55. The number of rotatable bonds is 3. The van der Waals surface area contributed by atoms with Gasteiger partial charge in [0.05, 0.1) is 0 Å². The largest absolute Gasteiger partial charge is 0.400 e. The van der Waals surface area contributed by atoms with E-state index in [9.17, 15) is 13.6 Å². The Labute approximate surface area is 109 Å². The second kappa shape index (κ2) is 4.91. The zero-order valence-corrected chi connectivity index (χ0v) is 10.2. The lowest BCUT2D eigenvalue weighted by atomic mass is 10.3. The van der Waals surface area contributed by atoms with E-state index in [0.29, 0.717) is 5.01 Å². The molecule has 0 bridgehead atoms. The van der Waals surface area contributed by atoms with Gasteiger partial charge in [0, 0.05) is 18.0 Å². The van der Waals surface area contributed by atoms with Crippen molar-refractivity contribution in [2.24, 2.45) is 0 Å². The van der Waals surface area contributed by atoms with E-state index in [1.807, 2.05) is 5.32 Å². The molecule has 5 nitrogen and oxygen atoms in total. The molecule has 1 amide bonds. The number of hydrogen-bond donors (Lipinski definition) is 1. The van der Waals surface area contributed by atoms with Crippen molar-refractivity contribution in [3.8, 4) is 10.6 Å². The molecule has 0 fully saturated rings.